The van der Waals surface area contributed by atoms with Crippen molar-refractivity contribution in [3.63, 3.8) is 0 Å². The fourth-order valence-corrected chi connectivity index (χ4v) is 4.28. The summed E-state index contributed by atoms with van der Waals surface area (Å²) in [4.78, 5) is 17.1. The lowest BCUT2D eigenvalue weighted by molar-refractivity contribution is -0.0953. The quantitative estimate of drug-likeness (QED) is 0.845. The van der Waals surface area contributed by atoms with Crippen LogP contribution in [0.2, 0.25) is 0 Å². The zero-order valence-electron chi connectivity index (χ0n) is 13.9. The van der Waals surface area contributed by atoms with Gasteiger partial charge in [0.2, 0.25) is 0 Å². The topological polar surface area (TPSA) is 50.6 Å². The lowest BCUT2D eigenvalue weighted by Crippen LogP contribution is -2.63. The van der Waals surface area contributed by atoms with E-state index >= 15 is 0 Å². The van der Waals surface area contributed by atoms with Crippen LogP contribution in [0.3, 0.4) is 0 Å². The molecule has 1 atom stereocenters. The zero-order valence-corrected chi connectivity index (χ0v) is 13.9. The number of nitrogens with zero attached hydrogens (tertiary/aromatic N) is 4. The predicted octanol–water partition coefficient (Wildman–Crippen LogP) is 1.37. The molecule has 1 aromatic heterocycles. The molecule has 0 N–H and O–H groups in total. The van der Waals surface area contributed by atoms with Crippen LogP contribution >= 0.6 is 0 Å². The third kappa shape index (κ3) is 2.68. The average molecular weight is 318 g/mol. The standard InChI is InChI=1S/C17H26N4O2/c1-2-21-15(6-7-18-21)16(22)20-12-17(13-20)10-14(11-23-17)19-8-4-3-5-9-19/h6-7,14H,2-5,8-13H2,1H3. The summed E-state index contributed by atoms with van der Waals surface area (Å²) in [5, 5.41) is 4.19. The Morgan fingerprint density at radius 1 is 1.35 bits per heavy atom. The molecule has 4 rings (SSSR count). The second kappa shape index (κ2) is 5.91. The molecule has 6 nitrogen and oxygen atoms in total. The van der Waals surface area contributed by atoms with Gasteiger partial charge in [-0.15, -0.1) is 0 Å². The monoisotopic (exact) mass is 318 g/mol. The normalized spacial score (nSPS) is 27.3. The third-order valence-corrected chi connectivity index (χ3v) is 5.58. The number of aromatic nitrogens is 2. The lowest BCUT2D eigenvalue weighted by Gasteiger charge is -2.47. The molecule has 0 aliphatic carbocycles. The number of hydrogen-bond acceptors (Lipinski definition) is 4. The van der Waals surface area contributed by atoms with Gasteiger partial charge >= 0.3 is 0 Å². The Morgan fingerprint density at radius 3 is 2.87 bits per heavy atom. The smallest absolute Gasteiger partial charge is 0.272 e. The Balaban J connectivity index is 1.35. The van der Waals surface area contributed by atoms with Crippen LogP contribution in [0, 0.1) is 0 Å². The molecule has 3 aliphatic heterocycles. The Morgan fingerprint density at radius 2 is 2.13 bits per heavy atom. The molecule has 4 heterocycles. The van der Waals surface area contributed by atoms with Crippen molar-refractivity contribution in [1.29, 1.82) is 0 Å². The highest BCUT2D eigenvalue weighted by molar-refractivity contribution is 5.93. The average Bonchev–Trinajstić information content (AvgIpc) is 3.20. The number of aryl methyl sites for hydroxylation is 1. The zero-order chi connectivity index (χ0) is 15.9. The van der Waals surface area contributed by atoms with Gasteiger partial charge in [-0.2, -0.15) is 5.10 Å². The van der Waals surface area contributed by atoms with Gasteiger partial charge in [0.05, 0.1) is 19.7 Å². The molecule has 126 valence electrons. The van der Waals surface area contributed by atoms with E-state index in [1.54, 1.807) is 10.9 Å². The molecule has 0 radical (unpaired) electrons. The van der Waals surface area contributed by atoms with Crippen LogP contribution in [0.15, 0.2) is 12.3 Å². The molecule has 3 fully saturated rings. The van der Waals surface area contributed by atoms with Gasteiger partial charge in [-0.25, -0.2) is 0 Å². The van der Waals surface area contributed by atoms with Gasteiger partial charge in [-0.1, -0.05) is 6.42 Å². The fraction of sp³-hybridized carbons (Fsp3) is 0.765. The number of hydrogen-bond donors (Lipinski definition) is 0. The van der Waals surface area contributed by atoms with Crippen molar-refractivity contribution in [2.75, 3.05) is 32.8 Å². The number of piperidine rings is 1. The summed E-state index contributed by atoms with van der Waals surface area (Å²) >= 11 is 0. The minimum absolute atomic E-state index is 0.0833. The number of carbonyl (C=O) groups excluding carboxylic acids is 1. The molecular weight excluding hydrogens is 292 g/mol. The first-order valence-electron chi connectivity index (χ1n) is 8.90. The van der Waals surface area contributed by atoms with Crippen molar-refractivity contribution < 1.29 is 9.53 Å². The molecule has 0 aromatic carbocycles. The van der Waals surface area contributed by atoms with Crippen LogP contribution in [0.4, 0.5) is 0 Å². The summed E-state index contributed by atoms with van der Waals surface area (Å²) in [6.45, 7) is 7.43. The summed E-state index contributed by atoms with van der Waals surface area (Å²) in [5.74, 6) is 0.0833. The van der Waals surface area contributed by atoms with E-state index in [0.29, 0.717) is 11.7 Å². The van der Waals surface area contributed by atoms with Crippen LogP contribution in [-0.2, 0) is 11.3 Å². The molecule has 3 saturated heterocycles. The minimum atomic E-state index is -0.0885. The van der Waals surface area contributed by atoms with E-state index in [2.05, 4.69) is 10.00 Å². The summed E-state index contributed by atoms with van der Waals surface area (Å²) in [6, 6.07) is 2.36. The van der Waals surface area contributed by atoms with Crippen LogP contribution < -0.4 is 0 Å². The van der Waals surface area contributed by atoms with Crippen molar-refractivity contribution in [3.8, 4) is 0 Å². The van der Waals surface area contributed by atoms with Gasteiger partial charge in [-0.3, -0.25) is 14.4 Å². The first-order chi connectivity index (χ1) is 11.2. The fourth-order valence-electron chi connectivity index (χ4n) is 4.28. The second-order valence-electron chi connectivity index (χ2n) is 7.14. The van der Waals surface area contributed by atoms with Gasteiger partial charge in [-0.05, 0) is 45.3 Å². The molecule has 23 heavy (non-hydrogen) atoms. The van der Waals surface area contributed by atoms with Crippen molar-refractivity contribution in [2.24, 2.45) is 0 Å². The van der Waals surface area contributed by atoms with Gasteiger partial charge in [0.1, 0.15) is 11.3 Å². The van der Waals surface area contributed by atoms with Crippen LogP contribution in [0.25, 0.3) is 0 Å². The number of ether oxygens (including phenoxy) is 1. The highest BCUT2D eigenvalue weighted by Crippen LogP contribution is 2.38. The summed E-state index contributed by atoms with van der Waals surface area (Å²) in [7, 11) is 0. The highest BCUT2D eigenvalue weighted by atomic mass is 16.5. The SMILES string of the molecule is CCn1nccc1C(=O)N1CC2(CC(N3CCCCC3)CO2)C1. The highest BCUT2D eigenvalue weighted by Gasteiger charge is 2.52. The molecular formula is C17H26N4O2. The molecule has 1 unspecified atom stereocenters. The maximum atomic E-state index is 12.6. The number of amides is 1. The number of likely N-dealkylation sites (tertiary alicyclic amines) is 2. The van der Waals surface area contributed by atoms with Crippen LogP contribution in [0.1, 0.15) is 43.1 Å². The van der Waals surface area contributed by atoms with Crippen molar-refractivity contribution in [3.05, 3.63) is 18.0 Å². The molecule has 1 spiro atoms. The van der Waals surface area contributed by atoms with Gasteiger partial charge in [0.15, 0.2) is 0 Å². The molecule has 3 aliphatic rings. The number of rotatable bonds is 3. The summed E-state index contributed by atoms with van der Waals surface area (Å²) in [6.07, 6.45) is 6.77. The van der Waals surface area contributed by atoms with Crippen molar-refractivity contribution >= 4 is 5.91 Å². The van der Waals surface area contributed by atoms with Crippen LogP contribution in [0.5, 0.6) is 0 Å². The van der Waals surface area contributed by atoms with E-state index in [0.717, 1.165) is 32.7 Å². The summed E-state index contributed by atoms with van der Waals surface area (Å²) < 4.78 is 7.90. The first-order valence-corrected chi connectivity index (χ1v) is 8.90. The van der Waals surface area contributed by atoms with E-state index in [1.165, 1.54) is 32.4 Å². The van der Waals surface area contributed by atoms with Gasteiger partial charge in [0, 0.05) is 18.8 Å². The molecule has 1 aromatic rings. The first kappa shape index (κ1) is 15.1. The molecule has 6 heteroatoms. The Labute approximate surface area is 137 Å². The Hall–Kier alpha value is -1.40. The van der Waals surface area contributed by atoms with Crippen molar-refractivity contribution in [2.45, 2.75) is 50.8 Å². The Bertz CT molecular complexity index is 573. The predicted molar refractivity (Wildman–Crippen MR) is 86.3 cm³/mol. The van der Waals surface area contributed by atoms with Gasteiger partial charge in [0.25, 0.3) is 5.91 Å². The Kier molecular flexibility index (Phi) is 3.89. The lowest BCUT2D eigenvalue weighted by atomic mass is 9.88. The maximum Gasteiger partial charge on any atom is 0.272 e. The van der Waals surface area contributed by atoms with E-state index in [1.807, 2.05) is 17.9 Å². The number of carbonyl (C=O) groups is 1. The molecule has 0 bridgehead atoms. The van der Waals surface area contributed by atoms with E-state index in [9.17, 15) is 4.79 Å². The largest absolute Gasteiger partial charge is 0.370 e. The second-order valence-corrected chi connectivity index (χ2v) is 7.14. The molecule has 1 amide bonds. The molecule has 0 saturated carbocycles. The third-order valence-electron chi connectivity index (χ3n) is 5.58. The minimum Gasteiger partial charge on any atom is -0.370 e. The summed E-state index contributed by atoms with van der Waals surface area (Å²) in [5.41, 5.74) is 0.599. The maximum absolute atomic E-state index is 12.6. The van der Waals surface area contributed by atoms with E-state index < -0.39 is 0 Å². The van der Waals surface area contributed by atoms with E-state index in [-0.39, 0.29) is 11.5 Å². The van der Waals surface area contributed by atoms with E-state index in [4.69, 9.17) is 4.74 Å². The van der Waals surface area contributed by atoms with Gasteiger partial charge < -0.3 is 9.64 Å². The van der Waals surface area contributed by atoms with Crippen molar-refractivity contribution in [1.82, 2.24) is 19.6 Å². The van der Waals surface area contributed by atoms with Crippen LogP contribution in [-0.4, -0.2) is 69.9 Å².